The Morgan fingerprint density at radius 3 is 2.54 bits per heavy atom. The van der Waals surface area contributed by atoms with Gasteiger partial charge in [0.1, 0.15) is 0 Å². The quantitative estimate of drug-likeness (QED) is 0.896. The molecule has 0 saturated carbocycles. The van der Waals surface area contributed by atoms with Gasteiger partial charge in [0.2, 0.25) is 5.78 Å². The summed E-state index contributed by atoms with van der Waals surface area (Å²) in [6.45, 7) is 0. The van der Waals surface area contributed by atoms with Gasteiger partial charge in [-0.15, -0.1) is 0 Å². The fourth-order valence-electron chi connectivity index (χ4n) is 3.45. The van der Waals surface area contributed by atoms with Gasteiger partial charge in [0.15, 0.2) is 0 Å². The van der Waals surface area contributed by atoms with Crippen LogP contribution < -0.4 is 0 Å². The van der Waals surface area contributed by atoms with E-state index in [1.807, 2.05) is 12.1 Å². The second kappa shape index (κ2) is 5.96. The van der Waals surface area contributed by atoms with E-state index in [0.717, 1.165) is 5.56 Å². The molecule has 1 aromatic carbocycles. The Morgan fingerprint density at radius 1 is 1.17 bits per heavy atom. The number of aryl methyl sites for hydroxylation is 1. The summed E-state index contributed by atoms with van der Waals surface area (Å²) in [5.74, 6) is -2.32. The van der Waals surface area contributed by atoms with E-state index in [1.165, 1.54) is 0 Å². The summed E-state index contributed by atoms with van der Waals surface area (Å²) >= 11 is 0. The summed E-state index contributed by atoms with van der Waals surface area (Å²) < 4.78 is 1.56. The number of carboxylic acids is 2. The Kier molecular flexibility index (Phi) is 3.97. The van der Waals surface area contributed by atoms with Crippen LogP contribution in [0.4, 0.5) is 0 Å². The molecule has 6 nitrogen and oxygen atoms in total. The van der Waals surface area contributed by atoms with Crippen LogP contribution in [-0.4, -0.2) is 32.5 Å². The standard InChI is InChI=1S/C18H17NO5/c1-19-13(8-9-14(20)21)15(18(23)24)12-7-6-10-4-2-3-5-11(10)17(22)16(12)19/h2-5H,6-9H2,1H3,(H,20,21)(H,23,24). The van der Waals surface area contributed by atoms with E-state index in [9.17, 15) is 19.5 Å². The van der Waals surface area contributed by atoms with Gasteiger partial charge in [0, 0.05) is 18.3 Å². The number of carbonyl (C=O) groups is 3. The molecule has 2 N–H and O–H groups in total. The van der Waals surface area contributed by atoms with Crippen molar-refractivity contribution in [3.63, 3.8) is 0 Å². The number of rotatable bonds is 4. The Morgan fingerprint density at radius 2 is 1.88 bits per heavy atom. The molecule has 24 heavy (non-hydrogen) atoms. The van der Waals surface area contributed by atoms with Crippen LogP contribution in [-0.2, 0) is 31.1 Å². The molecular formula is C18H17NO5. The van der Waals surface area contributed by atoms with E-state index in [-0.39, 0.29) is 24.2 Å². The zero-order chi connectivity index (χ0) is 17.4. The molecule has 0 fully saturated rings. The Bertz CT molecular complexity index is 863. The minimum atomic E-state index is -1.12. The Balaban J connectivity index is 2.19. The van der Waals surface area contributed by atoms with Crippen molar-refractivity contribution in [3.05, 3.63) is 57.9 Å². The average Bonchev–Trinajstić information content (AvgIpc) is 2.73. The highest BCUT2D eigenvalue weighted by Gasteiger charge is 2.32. The average molecular weight is 327 g/mol. The minimum Gasteiger partial charge on any atom is -0.481 e. The van der Waals surface area contributed by atoms with E-state index in [1.54, 1.807) is 23.7 Å². The van der Waals surface area contributed by atoms with Crippen LogP contribution >= 0.6 is 0 Å². The topological polar surface area (TPSA) is 96.6 Å². The lowest BCUT2D eigenvalue weighted by Gasteiger charge is -2.08. The molecule has 0 spiro atoms. The normalized spacial score (nSPS) is 13.1. The van der Waals surface area contributed by atoms with Crippen LogP contribution in [0.3, 0.4) is 0 Å². The van der Waals surface area contributed by atoms with E-state index in [0.29, 0.717) is 35.4 Å². The van der Waals surface area contributed by atoms with Crippen LogP contribution in [0.5, 0.6) is 0 Å². The molecule has 6 heteroatoms. The first-order valence-electron chi connectivity index (χ1n) is 7.70. The van der Waals surface area contributed by atoms with E-state index >= 15 is 0 Å². The van der Waals surface area contributed by atoms with Crippen LogP contribution in [0.2, 0.25) is 0 Å². The summed E-state index contributed by atoms with van der Waals surface area (Å²) in [4.78, 5) is 35.6. The number of carboxylic acid groups (broad SMARTS) is 2. The second-order valence-corrected chi connectivity index (χ2v) is 5.89. The molecule has 0 bridgehead atoms. The summed E-state index contributed by atoms with van der Waals surface area (Å²) in [6, 6.07) is 7.27. The van der Waals surface area contributed by atoms with Crippen LogP contribution in [0.15, 0.2) is 24.3 Å². The molecule has 0 unspecified atom stereocenters. The van der Waals surface area contributed by atoms with Gasteiger partial charge >= 0.3 is 11.9 Å². The fraction of sp³-hybridized carbons (Fsp3) is 0.278. The number of hydrogen-bond donors (Lipinski definition) is 2. The first kappa shape index (κ1) is 16.0. The number of aromatic carboxylic acids is 1. The van der Waals surface area contributed by atoms with Crippen molar-refractivity contribution in [2.24, 2.45) is 7.05 Å². The highest BCUT2D eigenvalue weighted by atomic mass is 16.4. The molecule has 0 radical (unpaired) electrons. The van der Waals surface area contributed by atoms with E-state index in [4.69, 9.17) is 5.11 Å². The number of ketones is 1. The van der Waals surface area contributed by atoms with Crippen LogP contribution in [0.1, 0.15) is 49.7 Å². The highest BCUT2D eigenvalue weighted by molar-refractivity contribution is 6.12. The molecule has 0 aliphatic heterocycles. The van der Waals surface area contributed by atoms with Crippen molar-refractivity contribution in [2.45, 2.75) is 25.7 Å². The van der Waals surface area contributed by atoms with Gasteiger partial charge in [-0.25, -0.2) is 4.79 Å². The van der Waals surface area contributed by atoms with Crippen molar-refractivity contribution in [2.75, 3.05) is 0 Å². The predicted octanol–water partition coefficient (Wildman–Crippen LogP) is 2.07. The number of nitrogens with zero attached hydrogens (tertiary/aromatic N) is 1. The third-order valence-electron chi connectivity index (χ3n) is 4.53. The Labute approximate surface area is 138 Å². The molecule has 1 aliphatic carbocycles. The van der Waals surface area contributed by atoms with Crippen molar-refractivity contribution in [1.82, 2.24) is 4.57 Å². The van der Waals surface area contributed by atoms with Gasteiger partial charge in [-0.3, -0.25) is 9.59 Å². The smallest absolute Gasteiger partial charge is 0.337 e. The molecule has 1 aromatic heterocycles. The first-order chi connectivity index (χ1) is 11.4. The van der Waals surface area contributed by atoms with Gasteiger partial charge in [0.05, 0.1) is 17.7 Å². The summed E-state index contributed by atoms with van der Waals surface area (Å²) in [6.07, 6.45) is 0.926. The highest BCUT2D eigenvalue weighted by Crippen LogP contribution is 2.31. The monoisotopic (exact) mass is 327 g/mol. The molecule has 0 saturated heterocycles. The molecule has 124 valence electrons. The number of carbonyl (C=O) groups excluding carboxylic acids is 1. The maximum absolute atomic E-state index is 12.9. The fourth-order valence-corrected chi connectivity index (χ4v) is 3.45. The molecule has 1 heterocycles. The number of fused-ring (bicyclic) bond motifs is 2. The third kappa shape index (κ3) is 2.50. The summed E-state index contributed by atoms with van der Waals surface area (Å²) in [5, 5.41) is 18.5. The van der Waals surface area contributed by atoms with Gasteiger partial charge in [-0.2, -0.15) is 0 Å². The van der Waals surface area contributed by atoms with Crippen molar-refractivity contribution in [3.8, 4) is 0 Å². The largest absolute Gasteiger partial charge is 0.481 e. The molecule has 1 aliphatic rings. The summed E-state index contributed by atoms with van der Waals surface area (Å²) in [7, 11) is 1.63. The molecule has 0 amide bonds. The third-order valence-corrected chi connectivity index (χ3v) is 4.53. The van der Waals surface area contributed by atoms with Crippen molar-refractivity contribution in [1.29, 1.82) is 0 Å². The van der Waals surface area contributed by atoms with E-state index < -0.39 is 11.9 Å². The van der Waals surface area contributed by atoms with Gasteiger partial charge in [0.25, 0.3) is 0 Å². The van der Waals surface area contributed by atoms with Crippen molar-refractivity contribution < 1.29 is 24.6 Å². The molecule has 0 atom stereocenters. The lowest BCUT2D eigenvalue weighted by molar-refractivity contribution is -0.137. The number of aliphatic carboxylic acids is 1. The van der Waals surface area contributed by atoms with E-state index in [2.05, 4.69) is 0 Å². The van der Waals surface area contributed by atoms with Gasteiger partial charge in [-0.1, -0.05) is 24.3 Å². The number of aromatic nitrogens is 1. The SMILES string of the molecule is Cn1c(CCC(=O)O)c(C(=O)O)c2c1C(=O)c1ccccc1CC2. The molecule has 3 rings (SSSR count). The predicted molar refractivity (Wildman–Crippen MR) is 85.6 cm³/mol. The lowest BCUT2D eigenvalue weighted by atomic mass is 10.0. The van der Waals surface area contributed by atoms with Gasteiger partial charge in [-0.05, 0) is 30.4 Å². The molecule has 2 aromatic rings. The van der Waals surface area contributed by atoms with Crippen LogP contribution in [0, 0.1) is 0 Å². The first-order valence-corrected chi connectivity index (χ1v) is 7.70. The zero-order valence-corrected chi connectivity index (χ0v) is 13.2. The minimum absolute atomic E-state index is 0.0786. The second-order valence-electron chi connectivity index (χ2n) is 5.89. The maximum Gasteiger partial charge on any atom is 0.337 e. The Hall–Kier alpha value is -2.89. The zero-order valence-electron chi connectivity index (χ0n) is 13.2. The van der Waals surface area contributed by atoms with Crippen molar-refractivity contribution >= 4 is 17.7 Å². The van der Waals surface area contributed by atoms with Crippen LogP contribution in [0.25, 0.3) is 0 Å². The number of benzene rings is 1. The maximum atomic E-state index is 12.9. The lowest BCUT2D eigenvalue weighted by Crippen LogP contribution is -2.12. The van der Waals surface area contributed by atoms with Gasteiger partial charge < -0.3 is 14.8 Å². The number of hydrogen-bond acceptors (Lipinski definition) is 3. The molecular weight excluding hydrogens is 310 g/mol. The summed E-state index contributed by atoms with van der Waals surface area (Å²) in [5.41, 5.74) is 2.82.